The molecule has 300 valence electrons. The van der Waals surface area contributed by atoms with Crippen molar-refractivity contribution in [1.29, 1.82) is 0 Å². The van der Waals surface area contributed by atoms with Gasteiger partial charge in [0.1, 0.15) is 23.8 Å². The topological polar surface area (TPSA) is 121 Å². The molecule has 15 heteroatoms. The molecule has 0 radical (unpaired) electrons. The Kier molecular flexibility index (Phi) is 12.4. The Bertz CT molecular complexity index is 2310. The van der Waals surface area contributed by atoms with Gasteiger partial charge in [0, 0.05) is 57.6 Å². The summed E-state index contributed by atoms with van der Waals surface area (Å²) < 4.78 is 63.7. The standard InChI is InChI=1S/C26H26ClFN4O.C12H10F3N3O.C4H8O/c1-17-5-8-23-24(13-17)30-25(29-23)15-32-11-9-18(10-12-32)22-3-2-4-26(31-22)33-16-19-6-7-20(27)14-21(19)28;13-12(14,15)9-4-7(16-5-19)3-8-10(6-1-2-6)17-18-11(8)9;1-4-2-3-5-4/h2-8,13-14,18H,9-12,15-16H2,1H3,(H,29,30);3-6H,1-2H2,(H,16,19)(H,17,18);4H,2-3H2,1H3/t;;4-/m..1/s1. The van der Waals surface area contributed by atoms with Gasteiger partial charge in [-0.05, 0) is 107 Å². The first kappa shape index (κ1) is 40.2. The van der Waals surface area contributed by atoms with Crippen molar-refractivity contribution < 1.29 is 31.8 Å². The first-order valence-corrected chi connectivity index (χ1v) is 19.4. The van der Waals surface area contributed by atoms with Crippen LogP contribution in [0.1, 0.15) is 84.8 Å². The molecule has 9 rings (SSSR count). The molecule has 0 bridgehead atoms. The zero-order valence-corrected chi connectivity index (χ0v) is 32.4. The van der Waals surface area contributed by atoms with E-state index >= 15 is 0 Å². The van der Waals surface area contributed by atoms with Crippen LogP contribution in [0.2, 0.25) is 5.02 Å². The van der Waals surface area contributed by atoms with E-state index in [9.17, 15) is 22.4 Å². The molecular weight excluding hydrogens is 762 g/mol. The number of ether oxygens (including phenoxy) is 2. The molecule has 3 fully saturated rings. The third-order valence-electron chi connectivity index (χ3n) is 10.3. The van der Waals surface area contributed by atoms with E-state index in [1.54, 1.807) is 12.1 Å². The number of nitrogens with zero attached hydrogens (tertiary/aromatic N) is 4. The number of likely N-dealkylation sites (tertiary alicyclic amines) is 1. The molecule has 57 heavy (non-hydrogen) atoms. The van der Waals surface area contributed by atoms with Gasteiger partial charge in [0.15, 0.2) is 0 Å². The van der Waals surface area contributed by atoms with Crippen molar-refractivity contribution in [2.24, 2.45) is 0 Å². The lowest BCUT2D eigenvalue weighted by Crippen LogP contribution is -2.33. The Balaban J connectivity index is 0.000000172. The second kappa shape index (κ2) is 17.6. The Labute approximate surface area is 332 Å². The van der Waals surface area contributed by atoms with Gasteiger partial charge in [0.2, 0.25) is 12.3 Å². The van der Waals surface area contributed by atoms with Crippen LogP contribution in [0, 0.1) is 12.7 Å². The molecule has 1 aliphatic carbocycles. The summed E-state index contributed by atoms with van der Waals surface area (Å²) in [7, 11) is 0. The van der Waals surface area contributed by atoms with Crippen molar-refractivity contribution >= 4 is 45.6 Å². The van der Waals surface area contributed by atoms with Gasteiger partial charge in [-0.3, -0.25) is 14.8 Å². The smallest absolute Gasteiger partial charge is 0.418 e. The Morgan fingerprint density at radius 2 is 1.77 bits per heavy atom. The number of nitrogens with one attached hydrogen (secondary N) is 3. The number of carbonyl (C=O) groups is 1. The molecule has 1 saturated carbocycles. The lowest BCUT2D eigenvalue weighted by Gasteiger charge is -2.31. The van der Waals surface area contributed by atoms with Crippen LogP contribution in [-0.4, -0.2) is 62.3 Å². The predicted octanol–water partition coefficient (Wildman–Crippen LogP) is 9.84. The fraction of sp³-hybridized carbons (Fsp3) is 0.381. The summed E-state index contributed by atoms with van der Waals surface area (Å²) in [4.78, 5) is 25.7. The Hall–Kier alpha value is -5.05. The third kappa shape index (κ3) is 10.3. The molecule has 3 aliphatic rings. The molecule has 5 heterocycles. The minimum Gasteiger partial charge on any atom is -0.473 e. The van der Waals surface area contributed by atoms with Crippen molar-refractivity contribution in [2.45, 2.75) is 83.2 Å². The number of aryl methyl sites for hydroxylation is 1. The van der Waals surface area contributed by atoms with E-state index in [0.29, 0.717) is 40.3 Å². The number of benzene rings is 3. The number of hydrogen-bond donors (Lipinski definition) is 3. The molecule has 0 spiro atoms. The minimum absolute atomic E-state index is 0.0918. The summed E-state index contributed by atoms with van der Waals surface area (Å²) in [5.74, 6) is 1.79. The number of hydrogen-bond acceptors (Lipinski definition) is 7. The molecule has 3 aromatic heterocycles. The number of rotatable bonds is 9. The lowest BCUT2D eigenvalue weighted by molar-refractivity contribution is -0.136. The number of amides is 1. The second-order valence-electron chi connectivity index (χ2n) is 14.7. The molecule has 2 saturated heterocycles. The van der Waals surface area contributed by atoms with Gasteiger partial charge in [-0.15, -0.1) is 0 Å². The quantitative estimate of drug-likeness (QED) is 0.0983. The minimum atomic E-state index is -4.51. The monoisotopic (exact) mass is 805 g/mol. The Morgan fingerprint density at radius 3 is 2.44 bits per heavy atom. The zero-order valence-electron chi connectivity index (χ0n) is 31.6. The van der Waals surface area contributed by atoms with Gasteiger partial charge in [0.05, 0.1) is 29.2 Å². The highest BCUT2D eigenvalue weighted by atomic mass is 35.5. The average Bonchev–Trinajstić information content (AvgIpc) is 3.81. The highest BCUT2D eigenvalue weighted by Gasteiger charge is 2.36. The number of alkyl halides is 3. The molecule has 1 atom stereocenters. The zero-order chi connectivity index (χ0) is 40.1. The normalized spacial score (nSPS) is 17.3. The molecule has 3 N–H and O–H groups in total. The number of pyridine rings is 1. The van der Waals surface area contributed by atoms with E-state index in [0.717, 1.165) is 86.2 Å². The van der Waals surface area contributed by atoms with E-state index in [-0.39, 0.29) is 29.5 Å². The molecule has 3 aromatic carbocycles. The highest BCUT2D eigenvalue weighted by Crippen LogP contribution is 2.45. The van der Waals surface area contributed by atoms with E-state index in [2.05, 4.69) is 63.5 Å². The summed E-state index contributed by atoms with van der Waals surface area (Å²) in [5, 5.41) is 9.55. The average molecular weight is 806 g/mol. The number of anilines is 1. The van der Waals surface area contributed by atoms with Crippen molar-refractivity contribution in [1.82, 2.24) is 30.0 Å². The first-order valence-electron chi connectivity index (χ1n) is 19.1. The fourth-order valence-corrected chi connectivity index (χ4v) is 7.08. The lowest BCUT2D eigenvalue weighted by atomic mass is 9.93. The number of aromatic amines is 2. The van der Waals surface area contributed by atoms with Crippen molar-refractivity contribution in [3.63, 3.8) is 0 Å². The largest absolute Gasteiger partial charge is 0.473 e. The summed E-state index contributed by atoms with van der Waals surface area (Å²) in [6.07, 6.45) is 1.64. The van der Waals surface area contributed by atoms with Gasteiger partial charge in [-0.2, -0.15) is 18.3 Å². The van der Waals surface area contributed by atoms with E-state index in [4.69, 9.17) is 31.0 Å². The number of imidazole rings is 1. The van der Waals surface area contributed by atoms with Gasteiger partial charge < -0.3 is 19.8 Å². The van der Waals surface area contributed by atoms with E-state index < -0.39 is 11.7 Å². The second-order valence-corrected chi connectivity index (χ2v) is 15.2. The summed E-state index contributed by atoms with van der Waals surface area (Å²) in [5.41, 5.74) is 4.75. The molecular formula is C42H44ClF4N7O3. The van der Waals surface area contributed by atoms with Crippen LogP contribution in [0.25, 0.3) is 21.9 Å². The number of H-pyrrole nitrogens is 2. The molecule has 1 amide bonds. The molecule has 10 nitrogen and oxygen atoms in total. The highest BCUT2D eigenvalue weighted by molar-refractivity contribution is 6.30. The summed E-state index contributed by atoms with van der Waals surface area (Å²) >= 11 is 5.82. The van der Waals surface area contributed by atoms with Crippen LogP contribution in [0.15, 0.2) is 66.7 Å². The number of halogens is 5. The van der Waals surface area contributed by atoms with Crippen LogP contribution < -0.4 is 10.1 Å². The van der Waals surface area contributed by atoms with Crippen molar-refractivity contribution in [2.75, 3.05) is 25.0 Å². The molecule has 2 aliphatic heterocycles. The van der Waals surface area contributed by atoms with Gasteiger partial charge in [-0.1, -0.05) is 29.8 Å². The maximum absolute atomic E-state index is 14.0. The van der Waals surface area contributed by atoms with Crippen molar-refractivity contribution in [3.8, 4) is 5.88 Å². The van der Waals surface area contributed by atoms with E-state index in [1.165, 1.54) is 24.1 Å². The number of piperidine rings is 1. The number of aromatic nitrogens is 5. The van der Waals surface area contributed by atoms with Crippen molar-refractivity contribution in [3.05, 3.63) is 111 Å². The van der Waals surface area contributed by atoms with E-state index in [1.807, 2.05) is 12.1 Å². The number of fused-ring (bicyclic) bond motifs is 2. The third-order valence-corrected chi connectivity index (χ3v) is 10.6. The van der Waals surface area contributed by atoms with Gasteiger partial charge in [0.25, 0.3) is 0 Å². The Morgan fingerprint density at radius 1 is 1.00 bits per heavy atom. The van der Waals surface area contributed by atoms with Gasteiger partial charge in [-0.25, -0.2) is 14.4 Å². The SMILES string of the molecule is C[C@@H]1CCO1.Cc1ccc2nc(CN3CCC(c4cccc(OCc5ccc(Cl)cc5F)n4)CC3)[nH]c2c1.O=CNc1cc(C(F)(F)F)c2n[nH]c(C3CC3)c2c1. The first-order chi connectivity index (χ1) is 27.4. The molecule has 6 aromatic rings. The molecule has 0 unspecified atom stereocenters. The van der Waals surface area contributed by atoms with Crippen LogP contribution in [0.4, 0.5) is 23.2 Å². The predicted molar refractivity (Wildman–Crippen MR) is 211 cm³/mol. The fourth-order valence-electron chi connectivity index (χ4n) is 6.92. The van der Waals surface area contributed by atoms with Crippen LogP contribution in [0.5, 0.6) is 5.88 Å². The summed E-state index contributed by atoms with van der Waals surface area (Å²) in [6, 6.07) is 19.1. The summed E-state index contributed by atoms with van der Waals surface area (Å²) in [6.45, 7) is 8.09. The van der Waals surface area contributed by atoms with Crippen LogP contribution >= 0.6 is 11.6 Å². The maximum atomic E-state index is 14.0. The van der Waals surface area contributed by atoms with Gasteiger partial charge >= 0.3 is 6.18 Å². The maximum Gasteiger partial charge on any atom is 0.418 e. The number of carbonyl (C=O) groups excluding carboxylic acids is 1. The van der Waals surface area contributed by atoms with Crippen LogP contribution in [0.3, 0.4) is 0 Å². The van der Waals surface area contributed by atoms with Crippen LogP contribution in [-0.2, 0) is 28.9 Å².